The van der Waals surface area contributed by atoms with E-state index in [-0.39, 0.29) is 22.9 Å². The second-order valence-corrected chi connectivity index (χ2v) is 8.72. The van der Waals surface area contributed by atoms with Gasteiger partial charge in [-0.05, 0) is 55.0 Å². The number of hydrogen-bond acceptors (Lipinski definition) is 5. The number of nitrogens with zero attached hydrogens (tertiary/aromatic N) is 1. The van der Waals surface area contributed by atoms with Crippen LogP contribution in [0.1, 0.15) is 31.8 Å². The number of esters is 1. The lowest BCUT2D eigenvalue weighted by Crippen LogP contribution is -2.34. The average molecular weight is 563 g/mol. The number of hydrogen-bond donors (Lipinski definition) is 2. The van der Waals surface area contributed by atoms with Crippen LogP contribution in [0.25, 0.3) is 0 Å². The summed E-state index contributed by atoms with van der Waals surface area (Å²) in [7, 11) is 0. The van der Waals surface area contributed by atoms with Gasteiger partial charge in [0.2, 0.25) is 0 Å². The minimum atomic E-state index is -0.557. The van der Waals surface area contributed by atoms with Gasteiger partial charge in [-0.1, -0.05) is 57.3 Å². The molecule has 0 heterocycles. The summed E-state index contributed by atoms with van der Waals surface area (Å²) < 4.78 is 6.26. The highest BCUT2D eigenvalue weighted by Crippen LogP contribution is 2.24. The van der Waals surface area contributed by atoms with Gasteiger partial charge in [-0.3, -0.25) is 9.59 Å². The van der Waals surface area contributed by atoms with Crippen molar-refractivity contribution in [2.24, 2.45) is 5.10 Å². The molecule has 0 aliphatic heterocycles. The zero-order valence-electron chi connectivity index (χ0n) is 17.8. The summed E-state index contributed by atoms with van der Waals surface area (Å²) in [5.74, 6) is -1.29. The van der Waals surface area contributed by atoms with E-state index in [0.717, 1.165) is 10.0 Å². The van der Waals surface area contributed by atoms with Crippen LogP contribution in [0, 0.1) is 6.92 Å². The molecule has 0 bridgehead atoms. The van der Waals surface area contributed by atoms with Gasteiger partial charge in [0.15, 0.2) is 0 Å². The standard InChI is InChI=1S/C24H18BrCl2N3O4/c1-14-4-2-3-5-18(14)24(33)34-21-9-7-17(25)10-16(21)12-29-30-22(31)13-28-23(32)15-6-8-19(26)20(27)11-15/h2-12H,13H2,1H3,(H,28,32)(H,30,31). The predicted molar refractivity (Wildman–Crippen MR) is 135 cm³/mol. The van der Waals surface area contributed by atoms with Crippen molar-refractivity contribution < 1.29 is 19.1 Å². The topological polar surface area (TPSA) is 96.9 Å². The summed E-state index contributed by atoms with van der Waals surface area (Å²) in [6.07, 6.45) is 1.34. The molecule has 0 aromatic heterocycles. The molecular weight excluding hydrogens is 545 g/mol. The highest BCUT2D eigenvalue weighted by Gasteiger charge is 2.14. The van der Waals surface area contributed by atoms with Crippen LogP contribution in [0.4, 0.5) is 0 Å². The normalized spacial score (nSPS) is 10.7. The largest absolute Gasteiger partial charge is 0.422 e. The Hall–Kier alpha value is -3.20. The Morgan fingerprint density at radius 3 is 2.53 bits per heavy atom. The molecular formula is C24H18BrCl2N3O4. The zero-order chi connectivity index (χ0) is 24.7. The number of hydrazone groups is 1. The van der Waals surface area contributed by atoms with E-state index in [2.05, 4.69) is 31.8 Å². The molecule has 0 fully saturated rings. The fourth-order valence-electron chi connectivity index (χ4n) is 2.78. The third-order valence-corrected chi connectivity index (χ3v) is 5.76. The van der Waals surface area contributed by atoms with E-state index in [9.17, 15) is 14.4 Å². The van der Waals surface area contributed by atoms with E-state index in [0.29, 0.717) is 16.1 Å². The lowest BCUT2D eigenvalue weighted by Gasteiger charge is -2.09. The number of nitrogens with one attached hydrogen (secondary N) is 2. The van der Waals surface area contributed by atoms with Crippen molar-refractivity contribution >= 4 is 63.1 Å². The Labute approximate surface area is 214 Å². The molecule has 0 saturated carbocycles. The van der Waals surface area contributed by atoms with Gasteiger partial charge in [0.1, 0.15) is 5.75 Å². The smallest absolute Gasteiger partial charge is 0.343 e. The minimum Gasteiger partial charge on any atom is -0.422 e. The first kappa shape index (κ1) is 25.4. The van der Waals surface area contributed by atoms with Crippen molar-refractivity contribution in [2.75, 3.05) is 6.54 Å². The first-order valence-corrected chi connectivity index (χ1v) is 11.4. The molecule has 0 aliphatic rings. The molecule has 0 unspecified atom stereocenters. The fourth-order valence-corrected chi connectivity index (χ4v) is 3.46. The average Bonchev–Trinajstić information content (AvgIpc) is 2.81. The Morgan fingerprint density at radius 1 is 1.03 bits per heavy atom. The third kappa shape index (κ3) is 6.90. The molecule has 3 rings (SSSR count). The summed E-state index contributed by atoms with van der Waals surface area (Å²) in [6.45, 7) is 1.50. The molecule has 0 aliphatic carbocycles. The van der Waals surface area contributed by atoms with E-state index in [1.165, 1.54) is 24.4 Å². The molecule has 2 amide bonds. The van der Waals surface area contributed by atoms with Crippen LogP contribution in [-0.2, 0) is 4.79 Å². The summed E-state index contributed by atoms with van der Waals surface area (Å²) >= 11 is 15.1. The molecule has 0 spiro atoms. The van der Waals surface area contributed by atoms with Crippen molar-refractivity contribution in [2.45, 2.75) is 6.92 Å². The van der Waals surface area contributed by atoms with Crippen molar-refractivity contribution in [3.8, 4) is 5.75 Å². The van der Waals surface area contributed by atoms with Gasteiger partial charge in [-0.15, -0.1) is 0 Å². The number of aryl methyl sites for hydroxylation is 1. The van der Waals surface area contributed by atoms with E-state index in [1.54, 1.807) is 30.3 Å². The summed E-state index contributed by atoms with van der Waals surface area (Å²) in [4.78, 5) is 36.8. The maximum atomic E-state index is 12.6. The molecule has 0 saturated heterocycles. The molecule has 3 aromatic carbocycles. The van der Waals surface area contributed by atoms with Crippen LogP contribution >= 0.6 is 39.1 Å². The number of carbonyl (C=O) groups excluding carboxylic acids is 3. The van der Waals surface area contributed by atoms with Crippen LogP contribution in [0.2, 0.25) is 10.0 Å². The second-order valence-electron chi connectivity index (χ2n) is 6.99. The van der Waals surface area contributed by atoms with Gasteiger partial charge in [-0.2, -0.15) is 5.10 Å². The Morgan fingerprint density at radius 2 is 1.79 bits per heavy atom. The lowest BCUT2D eigenvalue weighted by atomic mass is 10.1. The molecule has 2 N–H and O–H groups in total. The van der Waals surface area contributed by atoms with Crippen LogP contribution in [0.3, 0.4) is 0 Å². The maximum absolute atomic E-state index is 12.6. The number of halogens is 3. The van der Waals surface area contributed by atoms with Crippen LogP contribution in [0.5, 0.6) is 5.75 Å². The number of benzene rings is 3. The van der Waals surface area contributed by atoms with Gasteiger partial charge in [-0.25, -0.2) is 10.2 Å². The monoisotopic (exact) mass is 561 g/mol. The SMILES string of the molecule is Cc1ccccc1C(=O)Oc1ccc(Br)cc1C=NNC(=O)CNC(=O)c1ccc(Cl)c(Cl)c1. The Balaban J connectivity index is 1.60. The van der Waals surface area contributed by atoms with E-state index < -0.39 is 17.8 Å². The van der Waals surface area contributed by atoms with Crippen LogP contribution in [-0.4, -0.2) is 30.5 Å². The van der Waals surface area contributed by atoms with Gasteiger partial charge in [0.05, 0.1) is 28.4 Å². The number of rotatable bonds is 7. The molecule has 10 heteroatoms. The van der Waals surface area contributed by atoms with Crippen LogP contribution < -0.4 is 15.5 Å². The summed E-state index contributed by atoms with van der Waals surface area (Å²) in [5, 5.41) is 6.91. The number of carbonyl (C=O) groups is 3. The maximum Gasteiger partial charge on any atom is 0.343 e. The minimum absolute atomic E-state index is 0.233. The van der Waals surface area contributed by atoms with E-state index >= 15 is 0 Å². The summed E-state index contributed by atoms with van der Waals surface area (Å²) in [5.41, 5.74) is 4.26. The Bertz CT molecular complexity index is 1280. The first-order valence-electron chi connectivity index (χ1n) is 9.87. The molecule has 3 aromatic rings. The van der Waals surface area contributed by atoms with Gasteiger partial charge < -0.3 is 10.1 Å². The molecule has 34 heavy (non-hydrogen) atoms. The molecule has 174 valence electrons. The quantitative estimate of drug-likeness (QED) is 0.180. The Kier molecular flexibility index (Phi) is 8.81. The number of ether oxygens (including phenoxy) is 1. The lowest BCUT2D eigenvalue weighted by molar-refractivity contribution is -0.120. The molecule has 0 atom stereocenters. The van der Waals surface area contributed by atoms with E-state index in [1.807, 2.05) is 19.1 Å². The molecule has 7 nitrogen and oxygen atoms in total. The third-order valence-electron chi connectivity index (χ3n) is 4.52. The summed E-state index contributed by atoms with van der Waals surface area (Å²) in [6, 6.07) is 16.5. The van der Waals surface area contributed by atoms with Gasteiger partial charge in [0, 0.05) is 15.6 Å². The highest BCUT2D eigenvalue weighted by molar-refractivity contribution is 9.10. The second kappa shape index (κ2) is 11.8. The van der Waals surface area contributed by atoms with Crippen molar-refractivity contribution in [3.05, 3.63) is 97.4 Å². The molecule has 0 radical (unpaired) electrons. The van der Waals surface area contributed by atoms with Crippen LogP contribution in [0.15, 0.2) is 70.2 Å². The fraction of sp³-hybridized carbons (Fsp3) is 0.0833. The number of amides is 2. The van der Waals surface area contributed by atoms with Crippen molar-refractivity contribution in [1.29, 1.82) is 0 Å². The van der Waals surface area contributed by atoms with Crippen molar-refractivity contribution in [3.63, 3.8) is 0 Å². The predicted octanol–water partition coefficient (Wildman–Crippen LogP) is 5.16. The van der Waals surface area contributed by atoms with Crippen molar-refractivity contribution in [1.82, 2.24) is 10.7 Å². The van der Waals surface area contributed by atoms with E-state index in [4.69, 9.17) is 27.9 Å². The van der Waals surface area contributed by atoms with Gasteiger partial charge >= 0.3 is 5.97 Å². The zero-order valence-corrected chi connectivity index (χ0v) is 20.9. The first-order chi connectivity index (χ1) is 16.2. The van der Waals surface area contributed by atoms with Gasteiger partial charge in [0.25, 0.3) is 11.8 Å². The highest BCUT2D eigenvalue weighted by atomic mass is 79.9.